The number of likely N-dealkylation sites (N-methyl/N-ethyl adjacent to an activating group) is 1. The Bertz CT molecular complexity index is 494. The van der Waals surface area contributed by atoms with Crippen LogP contribution in [0.25, 0.3) is 0 Å². The number of benzene rings is 1. The Morgan fingerprint density at radius 2 is 2.14 bits per heavy atom. The van der Waals surface area contributed by atoms with E-state index in [1.54, 1.807) is 28.8 Å². The number of para-hydroxylation sites is 1. The molecule has 6 heteroatoms. The molecule has 1 unspecified atom stereocenters. The van der Waals surface area contributed by atoms with Gasteiger partial charge in [0.25, 0.3) is 5.91 Å². The molecule has 0 heterocycles. The molecule has 0 aliphatic rings. The summed E-state index contributed by atoms with van der Waals surface area (Å²) < 4.78 is 5.59. The number of hydrogen-bond donors (Lipinski definition) is 1. The van der Waals surface area contributed by atoms with Crippen molar-refractivity contribution in [3.8, 4) is 5.75 Å². The lowest BCUT2D eigenvalue weighted by atomic mass is 10.2. The summed E-state index contributed by atoms with van der Waals surface area (Å²) in [5, 5.41) is 0. The maximum Gasteiger partial charge on any atom is 0.260 e. The number of hydrogen-bond acceptors (Lipinski definition) is 4. The molecule has 0 aliphatic carbocycles. The van der Waals surface area contributed by atoms with Gasteiger partial charge in [0.05, 0.1) is 5.56 Å². The van der Waals surface area contributed by atoms with Crippen LogP contribution in [0.1, 0.15) is 18.9 Å². The van der Waals surface area contributed by atoms with Crippen LogP contribution in [-0.2, 0) is 4.79 Å². The molecule has 1 aromatic rings. The zero-order valence-corrected chi connectivity index (χ0v) is 14.3. The van der Waals surface area contributed by atoms with E-state index in [1.807, 2.05) is 25.4 Å². The van der Waals surface area contributed by atoms with E-state index in [2.05, 4.69) is 6.92 Å². The van der Waals surface area contributed by atoms with E-state index in [0.717, 1.165) is 12.2 Å². The highest BCUT2D eigenvalue weighted by atomic mass is 32.2. The molecule has 1 atom stereocenters. The van der Waals surface area contributed by atoms with Crippen molar-refractivity contribution in [3.05, 3.63) is 29.8 Å². The van der Waals surface area contributed by atoms with Gasteiger partial charge in [-0.15, -0.1) is 0 Å². The van der Waals surface area contributed by atoms with Gasteiger partial charge in [0.15, 0.2) is 6.61 Å². The van der Waals surface area contributed by atoms with E-state index >= 15 is 0 Å². The highest BCUT2D eigenvalue weighted by molar-refractivity contribution is 7.98. The fraction of sp³-hybridized carbons (Fsp3) is 0.467. The monoisotopic (exact) mass is 326 g/mol. The van der Waals surface area contributed by atoms with Crippen molar-refractivity contribution in [2.75, 3.05) is 25.7 Å². The molecule has 0 aromatic heterocycles. The molecule has 1 aromatic carbocycles. The number of carbonyl (C=O) groups is 1. The van der Waals surface area contributed by atoms with Crippen LogP contribution in [0.15, 0.2) is 24.3 Å². The van der Waals surface area contributed by atoms with Crippen LogP contribution < -0.4 is 10.5 Å². The van der Waals surface area contributed by atoms with Gasteiger partial charge in [0, 0.05) is 18.8 Å². The molecule has 21 heavy (non-hydrogen) atoms. The lowest BCUT2D eigenvalue weighted by molar-refractivity contribution is -0.133. The number of thiocarbonyl (C=S) groups is 1. The van der Waals surface area contributed by atoms with E-state index in [0.29, 0.717) is 11.3 Å². The van der Waals surface area contributed by atoms with E-state index in [-0.39, 0.29) is 23.5 Å². The number of nitrogens with zero attached hydrogens (tertiary/aromatic N) is 1. The molecular formula is C15H22N2O2S2. The first-order chi connectivity index (χ1) is 10.0. The number of amides is 1. The number of nitrogens with two attached hydrogens (primary N) is 1. The summed E-state index contributed by atoms with van der Waals surface area (Å²) >= 11 is 6.71. The molecule has 0 bridgehead atoms. The van der Waals surface area contributed by atoms with Crippen LogP contribution in [0.4, 0.5) is 0 Å². The summed E-state index contributed by atoms with van der Waals surface area (Å²) in [6, 6.07) is 7.44. The molecule has 2 N–H and O–H groups in total. The Balaban J connectivity index is 2.66. The van der Waals surface area contributed by atoms with E-state index in [4.69, 9.17) is 22.7 Å². The normalized spacial score (nSPS) is 11.8. The summed E-state index contributed by atoms with van der Waals surface area (Å²) in [7, 11) is 1.82. The van der Waals surface area contributed by atoms with Crippen LogP contribution in [0.2, 0.25) is 0 Å². The molecule has 1 rings (SSSR count). The highest BCUT2D eigenvalue weighted by Crippen LogP contribution is 2.18. The van der Waals surface area contributed by atoms with Crippen molar-refractivity contribution in [3.63, 3.8) is 0 Å². The number of rotatable bonds is 8. The van der Waals surface area contributed by atoms with Crippen molar-refractivity contribution in [1.29, 1.82) is 0 Å². The Morgan fingerprint density at radius 3 is 2.71 bits per heavy atom. The molecule has 0 saturated heterocycles. The molecule has 116 valence electrons. The fourth-order valence-corrected chi connectivity index (χ4v) is 2.95. The van der Waals surface area contributed by atoms with Gasteiger partial charge in [-0.25, -0.2) is 0 Å². The third-order valence-electron chi connectivity index (χ3n) is 3.28. The van der Waals surface area contributed by atoms with E-state index in [1.165, 1.54) is 0 Å². The lowest BCUT2D eigenvalue weighted by Crippen LogP contribution is -2.41. The second-order valence-corrected chi connectivity index (χ2v) is 6.02. The van der Waals surface area contributed by atoms with Gasteiger partial charge < -0.3 is 15.4 Å². The van der Waals surface area contributed by atoms with Gasteiger partial charge in [0.1, 0.15) is 10.7 Å². The van der Waals surface area contributed by atoms with Crippen molar-refractivity contribution in [1.82, 2.24) is 4.90 Å². The minimum atomic E-state index is -0.0476. The molecule has 1 amide bonds. The standard InChI is InChI=1S/C15H22N2O2S2/c1-4-11(10-21-3)17(2)14(18)9-19-13-8-6-5-7-12(13)15(16)20/h5-8,11H,4,9-10H2,1-3H3,(H2,16,20). The quantitative estimate of drug-likeness (QED) is 0.743. The van der Waals surface area contributed by atoms with Crippen LogP contribution in [0, 0.1) is 0 Å². The molecule has 0 radical (unpaired) electrons. The van der Waals surface area contributed by atoms with Crippen molar-refractivity contribution in [2.45, 2.75) is 19.4 Å². The zero-order chi connectivity index (χ0) is 15.8. The van der Waals surface area contributed by atoms with E-state index < -0.39 is 0 Å². The third kappa shape index (κ3) is 5.21. The summed E-state index contributed by atoms with van der Waals surface area (Å²) in [6.45, 7) is 2.06. The lowest BCUT2D eigenvalue weighted by Gasteiger charge is -2.26. The molecule has 0 aliphatic heterocycles. The topological polar surface area (TPSA) is 55.6 Å². The maximum atomic E-state index is 12.2. The Hall–Kier alpha value is -1.27. The number of carbonyl (C=O) groups excluding carboxylic acids is 1. The molecule has 0 saturated carbocycles. The zero-order valence-electron chi connectivity index (χ0n) is 12.7. The summed E-state index contributed by atoms with van der Waals surface area (Å²) in [6.07, 6.45) is 2.96. The third-order valence-corrected chi connectivity index (χ3v) is 4.21. The van der Waals surface area contributed by atoms with Gasteiger partial charge in [-0.05, 0) is 24.8 Å². The largest absolute Gasteiger partial charge is 0.483 e. The number of thioether (sulfide) groups is 1. The molecule has 4 nitrogen and oxygen atoms in total. The van der Waals surface area contributed by atoms with Crippen LogP contribution >= 0.6 is 24.0 Å². The second-order valence-electron chi connectivity index (χ2n) is 4.67. The SMILES string of the molecule is CCC(CSC)N(C)C(=O)COc1ccccc1C(N)=S. The predicted octanol–water partition coefficient (Wildman–Crippen LogP) is 2.30. The van der Waals surface area contributed by atoms with Crippen molar-refractivity contribution >= 4 is 34.9 Å². The van der Waals surface area contributed by atoms with Gasteiger partial charge in [0.2, 0.25) is 0 Å². The number of ether oxygens (including phenoxy) is 1. The first-order valence-electron chi connectivity index (χ1n) is 6.77. The fourth-order valence-electron chi connectivity index (χ4n) is 1.94. The summed E-state index contributed by atoms with van der Waals surface area (Å²) in [4.78, 5) is 14.2. The van der Waals surface area contributed by atoms with Gasteiger partial charge >= 0.3 is 0 Å². The first-order valence-corrected chi connectivity index (χ1v) is 8.57. The minimum absolute atomic E-state index is 0.0129. The maximum absolute atomic E-state index is 12.2. The van der Waals surface area contributed by atoms with Crippen LogP contribution in [0.3, 0.4) is 0 Å². The molecule has 0 fully saturated rings. The Kier molecular flexibility index (Phi) is 7.53. The Labute approximate surface area is 136 Å². The van der Waals surface area contributed by atoms with Crippen molar-refractivity contribution < 1.29 is 9.53 Å². The van der Waals surface area contributed by atoms with E-state index in [9.17, 15) is 4.79 Å². The molecular weight excluding hydrogens is 304 g/mol. The average molecular weight is 326 g/mol. The van der Waals surface area contributed by atoms with Gasteiger partial charge in [-0.2, -0.15) is 11.8 Å². The van der Waals surface area contributed by atoms with Crippen molar-refractivity contribution in [2.24, 2.45) is 5.73 Å². The summed E-state index contributed by atoms with van der Waals surface area (Å²) in [5.41, 5.74) is 6.30. The first kappa shape index (κ1) is 17.8. The predicted molar refractivity (Wildman–Crippen MR) is 93.1 cm³/mol. The second kappa shape index (κ2) is 8.89. The van der Waals surface area contributed by atoms with Crippen LogP contribution in [0.5, 0.6) is 5.75 Å². The Morgan fingerprint density at radius 1 is 1.48 bits per heavy atom. The average Bonchev–Trinajstić information content (AvgIpc) is 2.49. The van der Waals surface area contributed by atoms with Crippen LogP contribution in [-0.4, -0.2) is 47.5 Å². The smallest absolute Gasteiger partial charge is 0.260 e. The van der Waals surface area contributed by atoms with Gasteiger partial charge in [-0.1, -0.05) is 31.3 Å². The molecule has 0 spiro atoms. The summed E-state index contributed by atoms with van der Waals surface area (Å²) in [5.74, 6) is 1.42. The highest BCUT2D eigenvalue weighted by Gasteiger charge is 2.18. The minimum Gasteiger partial charge on any atom is -0.483 e. The van der Waals surface area contributed by atoms with Gasteiger partial charge in [-0.3, -0.25) is 4.79 Å².